The zero-order chi connectivity index (χ0) is 0. The van der Waals surface area contributed by atoms with E-state index in [1.807, 2.05) is 0 Å². The number of hydrogen-bond acceptors (Lipinski definition) is 2. The van der Waals surface area contributed by atoms with Crippen LogP contribution in [0, 0.1) is 0 Å². The van der Waals surface area contributed by atoms with E-state index in [-0.39, 0.29) is 87.9 Å². The van der Waals surface area contributed by atoms with Crippen LogP contribution in [0.15, 0.2) is 0 Å². The molecule has 54 valence electrons. The van der Waals surface area contributed by atoms with Gasteiger partial charge in [0.1, 0.15) is 0 Å². The first-order valence-electron chi connectivity index (χ1n) is 0. The van der Waals surface area contributed by atoms with E-state index in [1.165, 1.54) is 0 Å². The normalized spacial score (nSPS) is 0. The predicted molar refractivity (Wildman–Crippen MR) is 18.3 cm³/mol. The third-order valence-corrected chi connectivity index (χ3v) is 0. The average Bonchev–Trinajstić information content (AvgIpc) is 0. The van der Waals surface area contributed by atoms with Gasteiger partial charge in [0.25, 0.3) is 0 Å². The Kier molecular flexibility index (Phi) is 14600. The fourth-order valence-electron chi connectivity index (χ4n) is 0. The van der Waals surface area contributed by atoms with Crippen LogP contribution in [0.5, 0.6) is 0 Å². The van der Waals surface area contributed by atoms with Crippen molar-refractivity contribution >= 4 is 0 Å². The van der Waals surface area contributed by atoms with Crippen LogP contribution < -0.4 is 37.7 Å². The molecule has 0 saturated heterocycles. The quantitative estimate of drug-likeness (QED) is 0.328. The summed E-state index contributed by atoms with van der Waals surface area (Å²) in [5.41, 5.74) is 0. The van der Waals surface area contributed by atoms with Gasteiger partial charge in [-0.15, -0.1) is 0 Å². The summed E-state index contributed by atoms with van der Waals surface area (Å²) < 4.78 is 0. The Labute approximate surface area is 87.7 Å². The third-order valence-electron chi connectivity index (χ3n) is 0. The Morgan fingerprint density at radius 3 is 0.444 bits per heavy atom. The van der Waals surface area contributed by atoms with Gasteiger partial charge >= 0.3 is 37.7 Å². The van der Waals surface area contributed by atoms with Crippen molar-refractivity contribution in [2.45, 2.75) is 0 Å². The van der Waals surface area contributed by atoms with Crippen LogP contribution in [0.4, 0.5) is 0 Å². The zero-order valence-corrected chi connectivity index (χ0v) is 6.58. The molecule has 6 nitrogen and oxygen atoms in total. The van der Waals surface area contributed by atoms with Crippen LogP contribution in [0.25, 0.3) is 0 Å². The second-order valence-electron chi connectivity index (χ2n) is 0. The van der Waals surface area contributed by atoms with Crippen LogP contribution in [0.2, 0.25) is 0 Å². The van der Waals surface area contributed by atoms with Crippen LogP contribution in [0.3, 0.4) is 0 Å². The van der Waals surface area contributed by atoms with Crippen molar-refractivity contribution in [1.29, 1.82) is 0 Å². The minimum Gasteiger partial charge on any atom is -0.870 e. The molecule has 0 rings (SSSR count). The molecule has 0 aromatic carbocycles. The fraction of sp³-hybridized carbons (Fsp3) is 0. The van der Waals surface area contributed by atoms with Crippen molar-refractivity contribution in [2.75, 3.05) is 0 Å². The molecule has 0 aliphatic heterocycles. The van der Waals surface area contributed by atoms with Crippen molar-refractivity contribution in [2.24, 2.45) is 0 Å². The summed E-state index contributed by atoms with van der Waals surface area (Å²) in [7, 11) is 0. The summed E-state index contributed by atoms with van der Waals surface area (Å²) in [4.78, 5) is 0. The molecule has 0 aromatic rings. The van der Waals surface area contributed by atoms with Crippen molar-refractivity contribution in [3.05, 3.63) is 0 Å². The third kappa shape index (κ3) is 240. The van der Waals surface area contributed by atoms with Gasteiger partial charge in [0.15, 0.2) is 0 Å². The van der Waals surface area contributed by atoms with E-state index in [4.69, 9.17) is 0 Å². The summed E-state index contributed by atoms with van der Waals surface area (Å²) >= 11 is 0. The van der Waals surface area contributed by atoms with Gasteiger partial charge in [-0.25, -0.2) is 0 Å². The van der Waals surface area contributed by atoms with Gasteiger partial charge in [0, 0.05) is 17.4 Å². The van der Waals surface area contributed by atoms with Crippen LogP contribution in [0.1, 0.15) is 0 Å². The van der Waals surface area contributed by atoms with E-state index in [9.17, 15) is 0 Å². The summed E-state index contributed by atoms with van der Waals surface area (Å²) in [6.45, 7) is 0. The number of rotatable bonds is 0. The van der Waals surface area contributed by atoms with E-state index < -0.39 is 0 Å². The van der Waals surface area contributed by atoms with E-state index >= 15 is 0 Å². The monoisotopic (exact) mass is 172 g/mol. The Hall–Kier alpha value is 1.49. The molecule has 0 aliphatic carbocycles. The SMILES string of the molecule is O.O.O.O.[Cr].[Li+].[Li+].[OH-].[OH-]. The van der Waals surface area contributed by atoms with Gasteiger partial charge in [-0.1, -0.05) is 0 Å². The predicted octanol–water partition coefficient (Wildman–Crippen LogP) is -9.65. The topological polar surface area (TPSA) is 186 Å². The second kappa shape index (κ2) is 309. The fourth-order valence-corrected chi connectivity index (χ4v) is 0. The van der Waals surface area contributed by atoms with Crippen molar-refractivity contribution in [3.63, 3.8) is 0 Å². The van der Waals surface area contributed by atoms with Crippen molar-refractivity contribution < 1.29 is 87.9 Å². The van der Waals surface area contributed by atoms with Crippen LogP contribution in [-0.4, -0.2) is 32.9 Å². The van der Waals surface area contributed by atoms with Gasteiger partial charge in [-0.05, 0) is 0 Å². The van der Waals surface area contributed by atoms with Gasteiger partial charge in [0.2, 0.25) is 0 Å². The van der Waals surface area contributed by atoms with Gasteiger partial charge in [0.05, 0.1) is 0 Å². The molecule has 0 radical (unpaired) electrons. The minimum atomic E-state index is 0. The van der Waals surface area contributed by atoms with Crippen LogP contribution >= 0.6 is 0 Å². The Balaban J connectivity index is 0. The first kappa shape index (κ1) is 427. The zero-order valence-electron chi connectivity index (χ0n) is 5.30. The Morgan fingerprint density at radius 2 is 0.444 bits per heavy atom. The Bertz CT molecular complexity index is 11.0. The molecule has 0 atom stereocenters. The maximum atomic E-state index is 0. The molecule has 0 unspecified atom stereocenters. The standard InChI is InChI=1S/Cr.2Li.6H2O/h;;;6*1H2/q;2*+1;;;;;;/p-2. The summed E-state index contributed by atoms with van der Waals surface area (Å²) in [6, 6.07) is 0. The largest absolute Gasteiger partial charge is 1.00 e. The molecule has 0 saturated carbocycles. The maximum absolute atomic E-state index is 0. The molecule has 0 fully saturated rings. The summed E-state index contributed by atoms with van der Waals surface area (Å²) in [5.74, 6) is 0. The van der Waals surface area contributed by atoms with E-state index in [1.54, 1.807) is 0 Å². The molecule has 10 N–H and O–H groups in total. The minimum absolute atomic E-state index is 0. The van der Waals surface area contributed by atoms with E-state index in [2.05, 4.69) is 0 Å². The van der Waals surface area contributed by atoms with Gasteiger partial charge < -0.3 is 32.9 Å². The summed E-state index contributed by atoms with van der Waals surface area (Å²) in [6.07, 6.45) is 0. The molecule has 0 aromatic heterocycles. The number of hydrogen-bond donors (Lipinski definition) is 0. The van der Waals surface area contributed by atoms with E-state index in [0.717, 1.165) is 0 Å². The first-order valence-corrected chi connectivity index (χ1v) is 0. The van der Waals surface area contributed by atoms with Crippen LogP contribution in [-0.2, 0) is 17.4 Å². The van der Waals surface area contributed by atoms with E-state index in [0.29, 0.717) is 0 Å². The average molecular weight is 172 g/mol. The summed E-state index contributed by atoms with van der Waals surface area (Å²) in [5, 5.41) is 0. The van der Waals surface area contributed by atoms with Gasteiger partial charge in [-0.3, -0.25) is 0 Å². The van der Waals surface area contributed by atoms with Gasteiger partial charge in [-0.2, -0.15) is 0 Å². The molecule has 0 aliphatic rings. The van der Waals surface area contributed by atoms with Crippen molar-refractivity contribution in [1.82, 2.24) is 0 Å². The molecule has 0 heterocycles. The Morgan fingerprint density at radius 1 is 0.444 bits per heavy atom. The molecule has 0 spiro atoms. The second-order valence-corrected chi connectivity index (χ2v) is 0. The molecule has 9 heteroatoms. The molecule has 0 bridgehead atoms. The molecular weight excluding hydrogens is 162 g/mol. The van der Waals surface area contributed by atoms with Crippen molar-refractivity contribution in [3.8, 4) is 0 Å². The molecule has 0 amide bonds. The smallest absolute Gasteiger partial charge is 0.870 e. The molecular formula is H10CrLi2O6. The first-order chi connectivity index (χ1) is 0. The maximum Gasteiger partial charge on any atom is 1.00 e. The molecule has 9 heavy (non-hydrogen) atoms.